The van der Waals surface area contributed by atoms with E-state index in [4.69, 9.17) is 4.74 Å². The van der Waals surface area contributed by atoms with Gasteiger partial charge in [0.2, 0.25) is 0 Å². The van der Waals surface area contributed by atoms with Gasteiger partial charge in [0.05, 0.1) is 6.10 Å². The topological polar surface area (TPSA) is 21.3 Å². The van der Waals surface area contributed by atoms with Gasteiger partial charge in [0.1, 0.15) is 5.75 Å². The van der Waals surface area contributed by atoms with Crippen molar-refractivity contribution in [3.63, 3.8) is 0 Å². The minimum atomic E-state index is 0.241. The molecule has 19 heavy (non-hydrogen) atoms. The molecule has 2 rings (SSSR count). The van der Waals surface area contributed by atoms with Crippen LogP contribution in [0.3, 0.4) is 0 Å². The molecule has 1 aromatic carbocycles. The van der Waals surface area contributed by atoms with Crippen LogP contribution in [0.1, 0.15) is 52.4 Å². The lowest BCUT2D eigenvalue weighted by Crippen LogP contribution is -2.12. The fourth-order valence-corrected chi connectivity index (χ4v) is 2.82. The molecular weight excluding hydrogens is 234 g/mol. The number of nitrogens with one attached hydrogen (secondary N) is 1. The van der Waals surface area contributed by atoms with Crippen LogP contribution in [0, 0.1) is 5.92 Å². The highest BCUT2D eigenvalue weighted by Gasteiger charge is 2.12. The van der Waals surface area contributed by atoms with Gasteiger partial charge in [0.15, 0.2) is 0 Å². The SMILES string of the molecule is CC(C)Oc1ccc(NCCC2CCCCC2)cc1. The summed E-state index contributed by atoms with van der Waals surface area (Å²) in [5, 5.41) is 3.52. The van der Waals surface area contributed by atoms with Crippen molar-refractivity contribution in [3.05, 3.63) is 24.3 Å². The normalized spacial score (nSPS) is 16.6. The van der Waals surface area contributed by atoms with Crippen LogP contribution in [0.25, 0.3) is 0 Å². The highest BCUT2D eigenvalue weighted by molar-refractivity contribution is 5.46. The number of hydrogen-bond donors (Lipinski definition) is 1. The molecule has 0 saturated heterocycles. The lowest BCUT2D eigenvalue weighted by Gasteiger charge is -2.21. The van der Waals surface area contributed by atoms with Gasteiger partial charge in [-0.15, -0.1) is 0 Å². The molecule has 1 fully saturated rings. The van der Waals surface area contributed by atoms with E-state index in [1.54, 1.807) is 0 Å². The fourth-order valence-electron chi connectivity index (χ4n) is 2.82. The van der Waals surface area contributed by atoms with E-state index in [2.05, 4.69) is 31.3 Å². The van der Waals surface area contributed by atoms with Gasteiger partial charge in [0.25, 0.3) is 0 Å². The van der Waals surface area contributed by atoms with Crippen molar-refractivity contribution in [2.24, 2.45) is 5.92 Å². The molecule has 0 unspecified atom stereocenters. The molecular formula is C17H27NO. The van der Waals surface area contributed by atoms with Gasteiger partial charge in [-0.2, -0.15) is 0 Å². The molecule has 0 spiro atoms. The highest BCUT2D eigenvalue weighted by atomic mass is 16.5. The first-order chi connectivity index (χ1) is 9.24. The number of benzene rings is 1. The monoisotopic (exact) mass is 261 g/mol. The van der Waals surface area contributed by atoms with Crippen molar-refractivity contribution in [2.75, 3.05) is 11.9 Å². The first-order valence-electron chi connectivity index (χ1n) is 7.74. The molecule has 2 nitrogen and oxygen atoms in total. The summed E-state index contributed by atoms with van der Waals surface area (Å²) < 4.78 is 5.64. The molecule has 0 radical (unpaired) electrons. The second-order valence-corrected chi connectivity index (χ2v) is 5.91. The predicted octanol–water partition coefficient (Wildman–Crippen LogP) is 4.86. The van der Waals surface area contributed by atoms with Gasteiger partial charge >= 0.3 is 0 Å². The van der Waals surface area contributed by atoms with E-state index in [9.17, 15) is 0 Å². The summed E-state index contributed by atoms with van der Waals surface area (Å²) in [4.78, 5) is 0. The number of ether oxygens (including phenoxy) is 1. The Bertz CT molecular complexity index is 352. The minimum absolute atomic E-state index is 0.241. The van der Waals surface area contributed by atoms with E-state index in [0.717, 1.165) is 18.2 Å². The van der Waals surface area contributed by atoms with E-state index >= 15 is 0 Å². The van der Waals surface area contributed by atoms with Crippen LogP contribution in [-0.4, -0.2) is 12.6 Å². The van der Waals surface area contributed by atoms with Gasteiger partial charge in [-0.25, -0.2) is 0 Å². The Morgan fingerprint density at radius 3 is 2.42 bits per heavy atom. The van der Waals surface area contributed by atoms with Gasteiger partial charge in [-0.1, -0.05) is 32.1 Å². The van der Waals surface area contributed by atoms with Crippen LogP contribution >= 0.6 is 0 Å². The maximum Gasteiger partial charge on any atom is 0.119 e. The largest absolute Gasteiger partial charge is 0.491 e. The minimum Gasteiger partial charge on any atom is -0.491 e. The lowest BCUT2D eigenvalue weighted by atomic mass is 9.87. The maximum atomic E-state index is 5.64. The van der Waals surface area contributed by atoms with E-state index in [1.165, 1.54) is 44.2 Å². The molecule has 1 aromatic rings. The third kappa shape index (κ3) is 5.14. The van der Waals surface area contributed by atoms with Crippen molar-refractivity contribution in [1.82, 2.24) is 0 Å². The van der Waals surface area contributed by atoms with E-state index in [-0.39, 0.29) is 6.10 Å². The Kier molecular flexibility index (Phi) is 5.56. The standard InChI is InChI=1S/C17H27NO/c1-14(2)19-17-10-8-16(9-11-17)18-13-12-15-6-4-3-5-7-15/h8-11,14-15,18H,3-7,12-13H2,1-2H3. The lowest BCUT2D eigenvalue weighted by molar-refractivity contribution is 0.242. The molecule has 106 valence electrons. The molecule has 0 aliphatic heterocycles. The Morgan fingerprint density at radius 1 is 1.11 bits per heavy atom. The summed E-state index contributed by atoms with van der Waals surface area (Å²) >= 11 is 0. The van der Waals surface area contributed by atoms with Crippen molar-refractivity contribution >= 4 is 5.69 Å². The third-order valence-electron chi connectivity index (χ3n) is 3.83. The summed E-state index contributed by atoms with van der Waals surface area (Å²) in [5.74, 6) is 1.90. The second-order valence-electron chi connectivity index (χ2n) is 5.91. The van der Waals surface area contributed by atoms with E-state index in [0.29, 0.717) is 0 Å². The zero-order valence-corrected chi connectivity index (χ0v) is 12.3. The molecule has 1 N–H and O–H groups in total. The van der Waals surface area contributed by atoms with Crippen LogP contribution in [0.15, 0.2) is 24.3 Å². The van der Waals surface area contributed by atoms with Crippen molar-refractivity contribution in [2.45, 2.75) is 58.5 Å². The quantitative estimate of drug-likeness (QED) is 0.790. The van der Waals surface area contributed by atoms with Gasteiger partial charge in [-0.05, 0) is 50.5 Å². The first kappa shape index (κ1) is 14.2. The number of rotatable bonds is 6. The first-order valence-corrected chi connectivity index (χ1v) is 7.74. The Balaban J connectivity index is 1.70. The molecule has 1 aliphatic carbocycles. The number of anilines is 1. The summed E-state index contributed by atoms with van der Waals surface area (Å²) in [7, 11) is 0. The second kappa shape index (κ2) is 7.42. The van der Waals surface area contributed by atoms with Crippen molar-refractivity contribution in [3.8, 4) is 5.75 Å². The zero-order valence-electron chi connectivity index (χ0n) is 12.3. The molecule has 1 aliphatic rings. The fraction of sp³-hybridized carbons (Fsp3) is 0.647. The van der Waals surface area contributed by atoms with Crippen LogP contribution in [0.5, 0.6) is 5.75 Å². The van der Waals surface area contributed by atoms with Gasteiger partial charge in [-0.3, -0.25) is 0 Å². The Hall–Kier alpha value is -1.18. The van der Waals surface area contributed by atoms with Gasteiger partial charge in [0, 0.05) is 12.2 Å². The smallest absolute Gasteiger partial charge is 0.119 e. The maximum absolute atomic E-state index is 5.64. The molecule has 0 aromatic heterocycles. The zero-order chi connectivity index (χ0) is 13.5. The summed E-state index contributed by atoms with van der Waals surface area (Å²) in [6.45, 7) is 5.20. The predicted molar refractivity (Wildman–Crippen MR) is 81.9 cm³/mol. The summed E-state index contributed by atoms with van der Waals surface area (Å²) in [6, 6.07) is 8.31. The van der Waals surface area contributed by atoms with Crippen LogP contribution in [0.2, 0.25) is 0 Å². The molecule has 0 heterocycles. The molecule has 0 atom stereocenters. The third-order valence-corrected chi connectivity index (χ3v) is 3.83. The Morgan fingerprint density at radius 2 is 1.79 bits per heavy atom. The molecule has 0 amide bonds. The molecule has 2 heteroatoms. The summed E-state index contributed by atoms with van der Waals surface area (Å²) in [5.41, 5.74) is 1.20. The van der Waals surface area contributed by atoms with Crippen molar-refractivity contribution in [1.29, 1.82) is 0 Å². The van der Waals surface area contributed by atoms with Crippen LogP contribution < -0.4 is 10.1 Å². The van der Waals surface area contributed by atoms with Crippen LogP contribution in [-0.2, 0) is 0 Å². The van der Waals surface area contributed by atoms with E-state index < -0.39 is 0 Å². The van der Waals surface area contributed by atoms with E-state index in [1.807, 2.05) is 12.1 Å². The molecule has 0 bridgehead atoms. The molecule has 1 saturated carbocycles. The number of hydrogen-bond acceptors (Lipinski definition) is 2. The van der Waals surface area contributed by atoms with Crippen molar-refractivity contribution < 1.29 is 4.74 Å². The average Bonchev–Trinajstić information content (AvgIpc) is 2.41. The Labute approximate surface area is 117 Å². The summed E-state index contributed by atoms with van der Waals surface area (Å²) in [6.07, 6.45) is 8.74. The highest BCUT2D eigenvalue weighted by Crippen LogP contribution is 2.26. The average molecular weight is 261 g/mol. The van der Waals surface area contributed by atoms with Gasteiger partial charge < -0.3 is 10.1 Å². The van der Waals surface area contributed by atoms with Crippen LogP contribution in [0.4, 0.5) is 5.69 Å².